The third kappa shape index (κ3) is 2.02. The molecule has 0 spiro atoms. The van der Waals surface area contributed by atoms with Gasteiger partial charge in [0.05, 0.1) is 16.2 Å². The number of para-hydroxylation sites is 1. The normalized spacial score (nSPS) is 13.6. The maximum Gasteiger partial charge on any atom is 0.283 e. The molecule has 1 aliphatic heterocycles. The number of hydrogen-bond acceptors (Lipinski definition) is 5. The van der Waals surface area contributed by atoms with E-state index in [1.807, 2.05) is 24.3 Å². The van der Waals surface area contributed by atoms with Crippen LogP contribution in [0.1, 0.15) is 20.7 Å². The van der Waals surface area contributed by atoms with Gasteiger partial charge >= 0.3 is 0 Å². The van der Waals surface area contributed by atoms with Crippen molar-refractivity contribution < 1.29 is 18.9 Å². The number of benzene rings is 3. The molecule has 0 saturated heterocycles. The Morgan fingerprint density at radius 3 is 2.44 bits per heavy atom. The number of rotatable bonds is 2. The quantitative estimate of drug-likeness (QED) is 0.303. The second-order valence-electron chi connectivity index (χ2n) is 6.18. The smallest absolute Gasteiger partial charge is 0.283 e. The Morgan fingerprint density at radius 2 is 1.63 bits per heavy atom. The maximum atomic E-state index is 12.8. The van der Waals surface area contributed by atoms with Crippen LogP contribution in [0.5, 0.6) is 0 Å². The van der Waals surface area contributed by atoms with Crippen LogP contribution in [-0.4, -0.2) is 16.7 Å². The van der Waals surface area contributed by atoms with Crippen molar-refractivity contribution in [3.05, 3.63) is 81.9 Å². The number of furan rings is 1. The second-order valence-corrected chi connectivity index (χ2v) is 6.18. The molecule has 7 nitrogen and oxygen atoms in total. The number of imide groups is 1. The minimum atomic E-state index is -0.710. The third-order valence-corrected chi connectivity index (χ3v) is 4.71. The number of hydrogen-bond donors (Lipinski definition) is 0. The number of fused-ring (bicyclic) bond motifs is 4. The minimum absolute atomic E-state index is 0.0268. The highest BCUT2D eigenvalue weighted by Gasteiger charge is 2.41. The highest BCUT2D eigenvalue weighted by atomic mass is 16.6. The molecule has 4 aromatic rings. The molecule has 0 N–H and O–H groups in total. The van der Waals surface area contributed by atoms with Gasteiger partial charge in [0.15, 0.2) is 0 Å². The molecule has 0 radical (unpaired) electrons. The summed E-state index contributed by atoms with van der Waals surface area (Å²) in [7, 11) is 0. The number of nitro benzene ring substituents is 1. The van der Waals surface area contributed by atoms with Crippen molar-refractivity contribution in [3.8, 4) is 0 Å². The van der Waals surface area contributed by atoms with Gasteiger partial charge in [-0.1, -0.05) is 24.3 Å². The fourth-order valence-corrected chi connectivity index (χ4v) is 3.51. The van der Waals surface area contributed by atoms with E-state index in [0.29, 0.717) is 16.9 Å². The van der Waals surface area contributed by atoms with Crippen LogP contribution in [0, 0.1) is 10.1 Å². The average Bonchev–Trinajstić information content (AvgIpc) is 3.16. The van der Waals surface area contributed by atoms with Gasteiger partial charge in [0.1, 0.15) is 16.7 Å². The van der Waals surface area contributed by atoms with Crippen molar-refractivity contribution in [3.63, 3.8) is 0 Å². The molecular weight excluding hydrogens is 348 g/mol. The number of amides is 2. The lowest BCUT2D eigenvalue weighted by Gasteiger charge is -2.13. The molecule has 0 saturated carbocycles. The number of nitro groups is 1. The van der Waals surface area contributed by atoms with Gasteiger partial charge in [0.2, 0.25) is 0 Å². The van der Waals surface area contributed by atoms with Gasteiger partial charge in [0, 0.05) is 22.9 Å². The van der Waals surface area contributed by atoms with Crippen LogP contribution in [-0.2, 0) is 0 Å². The summed E-state index contributed by atoms with van der Waals surface area (Å²) in [5.74, 6) is -1.30. The van der Waals surface area contributed by atoms with Crippen molar-refractivity contribution in [2.24, 2.45) is 0 Å². The summed E-state index contributed by atoms with van der Waals surface area (Å²) in [4.78, 5) is 37.1. The highest BCUT2D eigenvalue weighted by Crippen LogP contribution is 2.36. The summed E-state index contributed by atoms with van der Waals surface area (Å²) in [5.41, 5.74) is 0.999. The Labute approximate surface area is 151 Å². The summed E-state index contributed by atoms with van der Waals surface area (Å²) < 4.78 is 5.80. The Kier molecular flexibility index (Phi) is 2.97. The lowest BCUT2D eigenvalue weighted by Crippen LogP contribution is -2.29. The molecule has 1 aromatic heterocycles. The van der Waals surface area contributed by atoms with Crippen LogP contribution < -0.4 is 4.90 Å². The SMILES string of the molecule is O=C1c2cccc([N+](=O)[O-])c2C(=O)N1c1ccc2c(c1)oc1ccccc12. The summed E-state index contributed by atoms with van der Waals surface area (Å²) in [6.07, 6.45) is 0. The molecule has 3 aromatic carbocycles. The van der Waals surface area contributed by atoms with Crippen molar-refractivity contribution in [1.29, 1.82) is 0 Å². The molecule has 5 rings (SSSR count). The first-order valence-electron chi connectivity index (χ1n) is 8.14. The molecule has 1 aliphatic rings. The molecule has 2 heterocycles. The molecule has 0 atom stereocenters. The van der Waals surface area contributed by atoms with Crippen LogP contribution in [0.2, 0.25) is 0 Å². The average molecular weight is 358 g/mol. The van der Waals surface area contributed by atoms with E-state index in [9.17, 15) is 19.7 Å². The molecule has 7 heteroatoms. The van der Waals surface area contributed by atoms with E-state index in [1.165, 1.54) is 18.2 Å². The summed E-state index contributed by atoms with van der Waals surface area (Å²) in [6.45, 7) is 0. The van der Waals surface area contributed by atoms with E-state index in [4.69, 9.17) is 4.42 Å². The van der Waals surface area contributed by atoms with Crippen molar-refractivity contribution in [1.82, 2.24) is 0 Å². The highest BCUT2D eigenvalue weighted by molar-refractivity contribution is 6.36. The summed E-state index contributed by atoms with van der Waals surface area (Å²) >= 11 is 0. The molecular formula is C20H10N2O5. The molecule has 27 heavy (non-hydrogen) atoms. The predicted molar refractivity (Wildman–Crippen MR) is 98.0 cm³/mol. The molecule has 0 aliphatic carbocycles. The van der Waals surface area contributed by atoms with E-state index in [2.05, 4.69) is 0 Å². The molecule has 0 unspecified atom stereocenters. The topological polar surface area (TPSA) is 93.7 Å². The Hall–Kier alpha value is -4.00. The van der Waals surface area contributed by atoms with Gasteiger partial charge in [-0.3, -0.25) is 19.7 Å². The Balaban J connectivity index is 1.68. The molecule has 0 fully saturated rings. The monoisotopic (exact) mass is 358 g/mol. The largest absolute Gasteiger partial charge is 0.456 e. The van der Waals surface area contributed by atoms with Crippen molar-refractivity contribution in [2.75, 3.05) is 4.90 Å². The molecule has 130 valence electrons. The van der Waals surface area contributed by atoms with Crippen molar-refractivity contribution >= 4 is 45.1 Å². The maximum absolute atomic E-state index is 12.8. The zero-order valence-corrected chi connectivity index (χ0v) is 13.7. The van der Waals surface area contributed by atoms with Gasteiger partial charge < -0.3 is 4.42 Å². The molecule has 0 bridgehead atoms. The van der Waals surface area contributed by atoms with Crippen LogP contribution in [0.3, 0.4) is 0 Å². The van der Waals surface area contributed by atoms with Gasteiger partial charge in [-0.05, 0) is 24.3 Å². The first-order chi connectivity index (χ1) is 13.1. The fraction of sp³-hybridized carbons (Fsp3) is 0. The van der Waals surface area contributed by atoms with E-state index in [0.717, 1.165) is 15.7 Å². The lowest BCUT2D eigenvalue weighted by molar-refractivity contribution is -0.385. The number of nitrogens with zero attached hydrogens (tertiary/aromatic N) is 2. The van der Waals surface area contributed by atoms with Gasteiger partial charge in [-0.2, -0.15) is 0 Å². The lowest BCUT2D eigenvalue weighted by atomic mass is 10.1. The van der Waals surface area contributed by atoms with E-state index in [1.54, 1.807) is 18.2 Å². The van der Waals surface area contributed by atoms with Gasteiger partial charge in [-0.15, -0.1) is 0 Å². The van der Waals surface area contributed by atoms with E-state index < -0.39 is 16.7 Å². The van der Waals surface area contributed by atoms with Crippen LogP contribution in [0.4, 0.5) is 11.4 Å². The standard InChI is InChI=1S/C20H10N2O5/c23-19-14-5-3-6-15(22(25)26)18(14)20(24)21(19)11-8-9-13-12-4-1-2-7-16(12)27-17(13)10-11/h1-10H. The van der Waals surface area contributed by atoms with Gasteiger partial charge in [0.25, 0.3) is 17.5 Å². The first-order valence-corrected chi connectivity index (χ1v) is 8.14. The second kappa shape index (κ2) is 5.25. The molecule has 2 amide bonds. The third-order valence-electron chi connectivity index (χ3n) is 4.71. The van der Waals surface area contributed by atoms with Gasteiger partial charge in [-0.25, -0.2) is 4.90 Å². The van der Waals surface area contributed by atoms with Crippen LogP contribution in [0.25, 0.3) is 21.9 Å². The fourth-order valence-electron chi connectivity index (χ4n) is 3.51. The minimum Gasteiger partial charge on any atom is -0.456 e. The summed E-state index contributed by atoms with van der Waals surface area (Å²) in [5, 5.41) is 13.0. The number of carbonyl (C=O) groups excluding carboxylic acids is 2. The Bertz CT molecular complexity index is 1300. The number of carbonyl (C=O) groups is 2. The zero-order chi connectivity index (χ0) is 18.7. The van der Waals surface area contributed by atoms with Crippen molar-refractivity contribution in [2.45, 2.75) is 0 Å². The number of anilines is 1. The first kappa shape index (κ1) is 15.3. The van der Waals surface area contributed by atoms with E-state index in [-0.39, 0.29) is 16.8 Å². The van der Waals surface area contributed by atoms with Crippen LogP contribution >= 0.6 is 0 Å². The predicted octanol–water partition coefficient (Wildman–Crippen LogP) is 4.29. The summed E-state index contributed by atoms with van der Waals surface area (Å²) in [6, 6.07) is 16.6. The zero-order valence-electron chi connectivity index (χ0n) is 13.7. The van der Waals surface area contributed by atoms with E-state index >= 15 is 0 Å². The Morgan fingerprint density at radius 1 is 0.852 bits per heavy atom. The van der Waals surface area contributed by atoms with Crippen LogP contribution in [0.15, 0.2) is 65.1 Å².